The van der Waals surface area contributed by atoms with E-state index in [2.05, 4.69) is 22.9 Å². The van der Waals surface area contributed by atoms with Gasteiger partial charge in [0.1, 0.15) is 0 Å². The molecule has 2 fully saturated rings. The van der Waals surface area contributed by atoms with Crippen molar-refractivity contribution < 1.29 is 0 Å². The van der Waals surface area contributed by atoms with E-state index in [1.165, 1.54) is 37.1 Å². The zero-order valence-corrected chi connectivity index (χ0v) is 13.6. The first-order valence-electron chi connectivity index (χ1n) is 8.13. The number of fused-ring (bicyclic) bond motifs is 1. The van der Waals surface area contributed by atoms with Crippen LogP contribution in [0, 0.1) is 5.92 Å². The number of hydrogen-bond acceptors (Lipinski definition) is 3. The highest BCUT2D eigenvalue weighted by Crippen LogP contribution is 2.36. The smallest absolute Gasteiger partial charge is 0.0642 e. The molecule has 0 saturated carbocycles. The lowest BCUT2D eigenvalue weighted by Gasteiger charge is -2.47. The average molecular weight is 308 g/mol. The molecule has 2 saturated heterocycles. The Morgan fingerprint density at radius 2 is 2.14 bits per heavy atom. The molecule has 3 nitrogen and oxygen atoms in total. The zero-order chi connectivity index (χ0) is 14.8. The minimum Gasteiger partial charge on any atom is -0.370 e. The number of likely N-dealkylation sites (tertiary alicyclic amines) is 1. The second-order valence-corrected chi connectivity index (χ2v) is 6.88. The van der Waals surface area contributed by atoms with Gasteiger partial charge in [-0.05, 0) is 63.4 Å². The molecule has 2 aliphatic heterocycles. The molecule has 1 aromatic carbocycles. The van der Waals surface area contributed by atoms with Gasteiger partial charge in [-0.15, -0.1) is 0 Å². The first-order valence-corrected chi connectivity index (χ1v) is 8.51. The molecule has 2 heterocycles. The second-order valence-electron chi connectivity index (χ2n) is 6.47. The van der Waals surface area contributed by atoms with Crippen LogP contribution in [0.25, 0.3) is 0 Å². The molecule has 2 unspecified atom stereocenters. The van der Waals surface area contributed by atoms with Crippen LogP contribution < -0.4 is 10.6 Å². The van der Waals surface area contributed by atoms with Crippen molar-refractivity contribution in [3.05, 3.63) is 28.8 Å². The predicted octanol–water partition coefficient (Wildman–Crippen LogP) is 2.76. The summed E-state index contributed by atoms with van der Waals surface area (Å²) in [5, 5.41) is 0.878. The molecule has 1 aromatic rings. The van der Waals surface area contributed by atoms with Crippen LogP contribution in [0.4, 0.5) is 5.69 Å². The molecule has 21 heavy (non-hydrogen) atoms. The molecular weight excluding hydrogens is 282 g/mol. The molecule has 116 valence electrons. The van der Waals surface area contributed by atoms with Crippen LogP contribution in [0.3, 0.4) is 0 Å². The van der Waals surface area contributed by atoms with E-state index in [0.717, 1.165) is 36.5 Å². The summed E-state index contributed by atoms with van der Waals surface area (Å²) >= 11 is 6.51. The van der Waals surface area contributed by atoms with Crippen molar-refractivity contribution in [1.82, 2.24) is 4.90 Å². The largest absolute Gasteiger partial charge is 0.370 e. The van der Waals surface area contributed by atoms with E-state index in [1.54, 1.807) is 0 Å². The van der Waals surface area contributed by atoms with E-state index in [9.17, 15) is 0 Å². The fourth-order valence-electron chi connectivity index (χ4n) is 4.13. The Kier molecular flexibility index (Phi) is 4.72. The van der Waals surface area contributed by atoms with Gasteiger partial charge in [0, 0.05) is 19.1 Å². The Balaban J connectivity index is 1.82. The van der Waals surface area contributed by atoms with Crippen LogP contribution >= 0.6 is 11.6 Å². The Bertz CT molecular complexity index is 491. The zero-order valence-electron chi connectivity index (χ0n) is 12.9. The lowest BCUT2D eigenvalue weighted by molar-refractivity contribution is 0.102. The number of anilines is 1. The summed E-state index contributed by atoms with van der Waals surface area (Å²) in [6, 6.07) is 6.98. The van der Waals surface area contributed by atoms with Gasteiger partial charge in [-0.25, -0.2) is 0 Å². The van der Waals surface area contributed by atoms with Gasteiger partial charge in [-0.2, -0.15) is 0 Å². The number of para-hydroxylation sites is 1. The van der Waals surface area contributed by atoms with Crippen LogP contribution in [-0.4, -0.2) is 44.2 Å². The first-order chi connectivity index (χ1) is 10.2. The van der Waals surface area contributed by atoms with Crippen molar-refractivity contribution in [1.29, 1.82) is 0 Å². The van der Waals surface area contributed by atoms with Crippen LogP contribution in [0.1, 0.15) is 24.8 Å². The second kappa shape index (κ2) is 6.55. The predicted molar refractivity (Wildman–Crippen MR) is 90.2 cm³/mol. The topological polar surface area (TPSA) is 32.5 Å². The molecule has 2 atom stereocenters. The van der Waals surface area contributed by atoms with Crippen LogP contribution in [0.5, 0.6) is 0 Å². The van der Waals surface area contributed by atoms with Crippen LogP contribution in [-0.2, 0) is 6.42 Å². The third-order valence-electron chi connectivity index (χ3n) is 5.15. The van der Waals surface area contributed by atoms with Crippen molar-refractivity contribution in [3.63, 3.8) is 0 Å². The summed E-state index contributed by atoms with van der Waals surface area (Å²) in [6.07, 6.45) is 4.82. The molecule has 2 N–H and O–H groups in total. The summed E-state index contributed by atoms with van der Waals surface area (Å²) in [5.41, 5.74) is 8.30. The highest BCUT2D eigenvalue weighted by atomic mass is 35.5. The Hall–Kier alpha value is -0.770. The van der Waals surface area contributed by atoms with E-state index in [-0.39, 0.29) is 0 Å². The maximum Gasteiger partial charge on any atom is 0.0642 e. The monoisotopic (exact) mass is 307 g/mol. The van der Waals surface area contributed by atoms with Crippen molar-refractivity contribution in [2.45, 2.75) is 31.7 Å². The Labute approximate surface area is 133 Å². The summed E-state index contributed by atoms with van der Waals surface area (Å²) in [7, 11) is 2.28. The van der Waals surface area contributed by atoms with Gasteiger partial charge in [-0.3, -0.25) is 0 Å². The molecule has 0 spiro atoms. The SMILES string of the molecule is CN1CCCC2CN(c3c(Cl)cccc3CCN)CCC21. The number of benzene rings is 1. The maximum atomic E-state index is 6.51. The molecular formula is C17H26ClN3. The summed E-state index contributed by atoms with van der Waals surface area (Å²) in [5.74, 6) is 0.777. The Morgan fingerprint density at radius 3 is 2.95 bits per heavy atom. The van der Waals surface area contributed by atoms with Gasteiger partial charge < -0.3 is 15.5 Å². The van der Waals surface area contributed by atoms with Gasteiger partial charge in [0.05, 0.1) is 10.7 Å². The number of nitrogens with two attached hydrogens (primary N) is 1. The van der Waals surface area contributed by atoms with Gasteiger partial charge in [-0.1, -0.05) is 23.7 Å². The maximum absolute atomic E-state index is 6.51. The third-order valence-corrected chi connectivity index (χ3v) is 5.45. The molecule has 0 amide bonds. The number of rotatable bonds is 3. The number of piperidine rings is 2. The first kappa shape index (κ1) is 15.1. The molecule has 0 radical (unpaired) electrons. The fraction of sp³-hybridized carbons (Fsp3) is 0.647. The van der Waals surface area contributed by atoms with Crippen molar-refractivity contribution >= 4 is 17.3 Å². The quantitative estimate of drug-likeness (QED) is 0.932. The molecule has 4 heteroatoms. The molecule has 0 aliphatic carbocycles. The van der Waals surface area contributed by atoms with Crippen molar-refractivity contribution in [3.8, 4) is 0 Å². The Morgan fingerprint density at radius 1 is 1.29 bits per heavy atom. The molecule has 3 rings (SSSR count). The number of nitrogens with zero attached hydrogens (tertiary/aromatic N) is 2. The van der Waals surface area contributed by atoms with Gasteiger partial charge in [0.15, 0.2) is 0 Å². The van der Waals surface area contributed by atoms with Gasteiger partial charge in [0.2, 0.25) is 0 Å². The van der Waals surface area contributed by atoms with E-state index in [1.807, 2.05) is 12.1 Å². The highest BCUT2D eigenvalue weighted by molar-refractivity contribution is 6.33. The molecule has 0 aromatic heterocycles. The minimum absolute atomic E-state index is 0.677. The highest BCUT2D eigenvalue weighted by Gasteiger charge is 2.35. The lowest BCUT2D eigenvalue weighted by atomic mass is 9.84. The standard InChI is InChI=1S/C17H26ClN3/c1-20-10-3-5-14-12-21(11-8-16(14)20)17-13(7-9-19)4-2-6-15(17)18/h2,4,6,14,16H,3,5,7-12,19H2,1H3. The molecule has 0 bridgehead atoms. The lowest BCUT2D eigenvalue weighted by Crippen LogP contribution is -2.53. The van der Waals surface area contributed by atoms with E-state index >= 15 is 0 Å². The fourth-order valence-corrected chi connectivity index (χ4v) is 4.44. The summed E-state index contributed by atoms with van der Waals surface area (Å²) in [4.78, 5) is 5.06. The minimum atomic E-state index is 0.677. The van der Waals surface area contributed by atoms with Crippen molar-refractivity contribution in [2.75, 3.05) is 38.1 Å². The van der Waals surface area contributed by atoms with E-state index in [0.29, 0.717) is 6.54 Å². The summed E-state index contributed by atoms with van der Waals surface area (Å²) < 4.78 is 0. The van der Waals surface area contributed by atoms with Crippen LogP contribution in [0.2, 0.25) is 5.02 Å². The number of halogens is 1. The van der Waals surface area contributed by atoms with E-state index in [4.69, 9.17) is 17.3 Å². The van der Waals surface area contributed by atoms with Gasteiger partial charge >= 0.3 is 0 Å². The molecule has 2 aliphatic rings. The van der Waals surface area contributed by atoms with Crippen molar-refractivity contribution in [2.24, 2.45) is 11.7 Å². The normalized spacial score (nSPS) is 26.7. The number of hydrogen-bond donors (Lipinski definition) is 1. The van der Waals surface area contributed by atoms with Crippen LogP contribution in [0.15, 0.2) is 18.2 Å². The average Bonchev–Trinajstić information content (AvgIpc) is 2.48. The van der Waals surface area contributed by atoms with E-state index < -0.39 is 0 Å². The third kappa shape index (κ3) is 3.05. The van der Waals surface area contributed by atoms with Gasteiger partial charge in [0.25, 0.3) is 0 Å². The summed E-state index contributed by atoms with van der Waals surface area (Å²) in [6.45, 7) is 4.17.